The van der Waals surface area contributed by atoms with Gasteiger partial charge in [0, 0.05) is 5.69 Å². The van der Waals surface area contributed by atoms with Gasteiger partial charge >= 0.3 is 0 Å². The molecule has 0 unspecified atom stereocenters. The fourth-order valence-electron chi connectivity index (χ4n) is 2.47. The van der Waals surface area contributed by atoms with Crippen molar-refractivity contribution in [2.75, 3.05) is 25.0 Å². The smallest absolute Gasteiger partial charge is 0.250 e. The van der Waals surface area contributed by atoms with E-state index in [4.69, 9.17) is 4.74 Å². The summed E-state index contributed by atoms with van der Waals surface area (Å²) in [6, 6.07) is 7.97. The van der Waals surface area contributed by atoms with Gasteiger partial charge in [-0.05, 0) is 44.0 Å². The molecule has 1 saturated heterocycles. The highest BCUT2D eigenvalue weighted by Gasteiger charge is 2.15. The lowest BCUT2D eigenvalue weighted by Crippen LogP contribution is -2.34. The summed E-state index contributed by atoms with van der Waals surface area (Å²) in [5.41, 5.74) is 2.10. The van der Waals surface area contributed by atoms with E-state index in [9.17, 15) is 4.79 Å². The van der Waals surface area contributed by atoms with Crippen LogP contribution in [0, 0.1) is 0 Å². The molecule has 1 heterocycles. The lowest BCUT2D eigenvalue weighted by atomic mass is 10.1. The number of hydrogen-bond donors (Lipinski definition) is 2. The summed E-state index contributed by atoms with van der Waals surface area (Å²) in [5.74, 6) is -0.0629. The van der Waals surface area contributed by atoms with Crippen molar-refractivity contribution in [3.63, 3.8) is 0 Å². The van der Waals surface area contributed by atoms with Gasteiger partial charge in [-0.25, -0.2) is 0 Å². The van der Waals surface area contributed by atoms with Crippen molar-refractivity contribution in [1.29, 1.82) is 0 Å². The first-order valence-corrected chi connectivity index (χ1v) is 7.49. The normalized spacial score (nSPS) is 16.1. The molecule has 0 saturated carbocycles. The zero-order chi connectivity index (χ0) is 14.2. The van der Waals surface area contributed by atoms with Crippen molar-refractivity contribution in [2.24, 2.45) is 0 Å². The maximum Gasteiger partial charge on any atom is 0.250 e. The summed E-state index contributed by atoms with van der Waals surface area (Å²) in [5, 5.41) is 6.24. The lowest BCUT2D eigenvalue weighted by molar-refractivity contribution is -0.123. The lowest BCUT2D eigenvalue weighted by Gasteiger charge is -2.22. The molecule has 0 aromatic heterocycles. The molecular formula is C16H24N2O2. The average molecular weight is 276 g/mol. The molecule has 4 nitrogen and oxygen atoms in total. The quantitative estimate of drug-likeness (QED) is 0.838. The SMILES string of the molecule is CCCc1ccccc1NC(=O)COC1CCNCC1. The second kappa shape index (κ2) is 8.02. The van der Waals surface area contributed by atoms with E-state index >= 15 is 0 Å². The third kappa shape index (κ3) is 4.62. The van der Waals surface area contributed by atoms with Crippen LogP contribution in [0.4, 0.5) is 5.69 Å². The third-order valence-electron chi connectivity index (χ3n) is 3.55. The minimum Gasteiger partial charge on any atom is -0.368 e. The highest BCUT2D eigenvalue weighted by molar-refractivity contribution is 5.92. The van der Waals surface area contributed by atoms with Crippen LogP contribution in [0.15, 0.2) is 24.3 Å². The topological polar surface area (TPSA) is 50.4 Å². The van der Waals surface area contributed by atoms with Gasteiger partial charge in [0.1, 0.15) is 6.61 Å². The number of rotatable bonds is 6. The average Bonchev–Trinajstić information content (AvgIpc) is 2.49. The number of amides is 1. The molecule has 0 bridgehead atoms. The number of aryl methyl sites for hydroxylation is 1. The van der Waals surface area contributed by atoms with Crippen molar-refractivity contribution in [3.05, 3.63) is 29.8 Å². The van der Waals surface area contributed by atoms with Gasteiger partial charge < -0.3 is 15.4 Å². The van der Waals surface area contributed by atoms with Gasteiger partial charge in [0.2, 0.25) is 5.91 Å². The largest absolute Gasteiger partial charge is 0.368 e. The molecule has 1 aliphatic heterocycles. The Labute approximate surface area is 120 Å². The Hall–Kier alpha value is -1.39. The van der Waals surface area contributed by atoms with Crippen molar-refractivity contribution in [1.82, 2.24) is 5.32 Å². The molecule has 2 N–H and O–H groups in total. The number of para-hydroxylation sites is 1. The summed E-state index contributed by atoms with van der Waals surface area (Å²) in [6.45, 7) is 4.24. The molecule has 20 heavy (non-hydrogen) atoms. The molecule has 4 heteroatoms. The number of anilines is 1. The second-order valence-electron chi connectivity index (χ2n) is 5.22. The molecule has 0 spiro atoms. The van der Waals surface area contributed by atoms with E-state index in [1.165, 1.54) is 5.56 Å². The highest BCUT2D eigenvalue weighted by atomic mass is 16.5. The Balaban J connectivity index is 1.81. The van der Waals surface area contributed by atoms with Gasteiger partial charge in [-0.3, -0.25) is 4.79 Å². The van der Waals surface area contributed by atoms with E-state index in [1.54, 1.807) is 0 Å². The van der Waals surface area contributed by atoms with Gasteiger partial charge in [0.05, 0.1) is 6.10 Å². The van der Waals surface area contributed by atoms with E-state index < -0.39 is 0 Å². The van der Waals surface area contributed by atoms with Crippen molar-refractivity contribution < 1.29 is 9.53 Å². The van der Waals surface area contributed by atoms with Crippen LogP contribution in [0.5, 0.6) is 0 Å². The predicted molar refractivity (Wildman–Crippen MR) is 80.9 cm³/mol. The summed E-state index contributed by atoms with van der Waals surface area (Å²) >= 11 is 0. The van der Waals surface area contributed by atoms with Crippen molar-refractivity contribution in [2.45, 2.75) is 38.7 Å². The monoisotopic (exact) mass is 276 g/mol. The van der Waals surface area contributed by atoms with E-state index in [2.05, 4.69) is 23.6 Å². The van der Waals surface area contributed by atoms with Crippen LogP contribution in [-0.2, 0) is 16.0 Å². The first-order valence-electron chi connectivity index (χ1n) is 7.49. The molecule has 1 aromatic rings. The maximum atomic E-state index is 12.0. The summed E-state index contributed by atoms with van der Waals surface area (Å²) in [4.78, 5) is 12.0. The summed E-state index contributed by atoms with van der Waals surface area (Å²) in [7, 11) is 0. The number of piperidine rings is 1. The standard InChI is InChI=1S/C16H24N2O2/c1-2-5-13-6-3-4-7-15(13)18-16(19)12-20-14-8-10-17-11-9-14/h3-4,6-7,14,17H,2,5,8-12H2,1H3,(H,18,19). The number of ether oxygens (including phenoxy) is 1. The second-order valence-corrected chi connectivity index (χ2v) is 5.22. The van der Waals surface area contributed by atoms with Crippen molar-refractivity contribution in [3.8, 4) is 0 Å². The van der Waals surface area contributed by atoms with Crippen molar-refractivity contribution >= 4 is 11.6 Å². The molecule has 0 aliphatic carbocycles. The molecule has 1 fully saturated rings. The molecule has 1 amide bonds. The van der Waals surface area contributed by atoms with E-state index in [-0.39, 0.29) is 18.6 Å². The van der Waals surface area contributed by atoms with Crippen LogP contribution in [0.1, 0.15) is 31.7 Å². The van der Waals surface area contributed by atoms with Gasteiger partial charge in [-0.1, -0.05) is 31.5 Å². The van der Waals surface area contributed by atoms with E-state index in [0.29, 0.717) is 0 Å². The van der Waals surface area contributed by atoms with Crippen LogP contribution >= 0.6 is 0 Å². The molecular weight excluding hydrogens is 252 g/mol. The Morgan fingerprint density at radius 3 is 2.85 bits per heavy atom. The zero-order valence-electron chi connectivity index (χ0n) is 12.2. The van der Waals surface area contributed by atoms with Crippen LogP contribution in [0.25, 0.3) is 0 Å². The minimum absolute atomic E-state index is 0.0629. The maximum absolute atomic E-state index is 12.0. The Morgan fingerprint density at radius 1 is 1.35 bits per heavy atom. The molecule has 1 aliphatic rings. The van der Waals surface area contributed by atoms with Gasteiger partial charge in [0.25, 0.3) is 0 Å². The first kappa shape index (κ1) is 15.0. The van der Waals surface area contributed by atoms with E-state index in [0.717, 1.165) is 44.5 Å². The summed E-state index contributed by atoms with van der Waals surface area (Å²) in [6.07, 6.45) is 4.23. The summed E-state index contributed by atoms with van der Waals surface area (Å²) < 4.78 is 5.66. The minimum atomic E-state index is -0.0629. The van der Waals surface area contributed by atoms with Gasteiger partial charge in [0.15, 0.2) is 0 Å². The van der Waals surface area contributed by atoms with Crippen LogP contribution in [0.2, 0.25) is 0 Å². The van der Waals surface area contributed by atoms with Gasteiger partial charge in [-0.15, -0.1) is 0 Å². The van der Waals surface area contributed by atoms with Gasteiger partial charge in [-0.2, -0.15) is 0 Å². The number of carbonyl (C=O) groups is 1. The molecule has 0 atom stereocenters. The Bertz CT molecular complexity index is 428. The van der Waals surface area contributed by atoms with E-state index in [1.807, 2.05) is 18.2 Å². The molecule has 2 rings (SSSR count). The Morgan fingerprint density at radius 2 is 2.10 bits per heavy atom. The number of hydrogen-bond acceptors (Lipinski definition) is 3. The fraction of sp³-hybridized carbons (Fsp3) is 0.562. The fourth-order valence-corrected chi connectivity index (χ4v) is 2.47. The highest BCUT2D eigenvalue weighted by Crippen LogP contribution is 2.17. The molecule has 0 radical (unpaired) electrons. The molecule has 110 valence electrons. The Kier molecular flexibility index (Phi) is 6.02. The number of carbonyl (C=O) groups excluding carboxylic acids is 1. The third-order valence-corrected chi connectivity index (χ3v) is 3.55. The zero-order valence-corrected chi connectivity index (χ0v) is 12.2. The number of nitrogens with one attached hydrogen (secondary N) is 2. The van der Waals surface area contributed by atoms with Crippen LogP contribution in [0.3, 0.4) is 0 Å². The van der Waals surface area contributed by atoms with Crippen LogP contribution < -0.4 is 10.6 Å². The number of benzene rings is 1. The van der Waals surface area contributed by atoms with Crippen LogP contribution in [-0.4, -0.2) is 31.7 Å². The predicted octanol–water partition coefficient (Wildman–Crippen LogP) is 2.35. The molecule has 1 aromatic carbocycles. The first-order chi connectivity index (χ1) is 9.79.